The van der Waals surface area contributed by atoms with Crippen molar-refractivity contribution in [3.63, 3.8) is 0 Å². The van der Waals surface area contributed by atoms with Crippen molar-refractivity contribution in [1.29, 1.82) is 0 Å². The zero-order chi connectivity index (χ0) is 8.43. The molecule has 0 unspecified atom stereocenters. The summed E-state index contributed by atoms with van der Waals surface area (Å²) in [5, 5.41) is 0. The molecule has 60 valence electrons. The lowest BCUT2D eigenvalue weighted by molar-refractivity contribution is 0.111. The van der Waals surface area contributed by atoms with Crippen LogP contribution in [0.15, 0.2) is 4.60 Å². The fourth-order valence-corrected chi connectivity index (χ4v) is 1.94. The Labute approximate surface area is 74.1 Å². The maximum atomic E-state index is 10.5. The van der Waals surface area contributed by atoms with Crippen LogP contribution in [0.1, 0.15) is 28.5 Å². The Bertz CT molecular complexity index is 278. The zero-order valence-corrected chi connectivity index (χ0v) is 8.16. The van der Waals surface area contributed by atoms with Crippen molar-refractivity contribution < 1.29 is 4.79 Å². The molecule has 2 nitrogen and oxygen atoms in total. The summed E-state index contributed by atoms with van der Waals surface area (Å²) in [4.78, 5) is 13.4. The summed E-state index contributed by atoms with van der Waals surface area (Å²) in [5.74, 6) is 0. The van der Waals surface area contributed by atoms with Gasteiger partial charge in [0.1, 0.15) is 0 Å². The molecule has 1 N–H and O–H groups in total. The van der Waals surface area contributed by atoms with E-state index >= 15 is 0 Å². The number of halogens is 1. The first-order valence-corrected chi connectivity index (χ1v) is 4.32. The summed E-state index contributed by atoms with van der Waals surface area (Å²) in [6.07, 6.45) is 1.79. The number of aromatic amines is 1. The monoisotopic (exact) mass is 215 g/mol. The topological polar surface area (TPSA) is 32.9 Å². The van der Waals surface area contributed by atoms with Crippen LogP contribution in [-0.2, 0) is 6.42 Å². The minimum Gasteiger partial charge on any atom is -0.347 e. The molecule has 0 spiro atoms. The highest BCUT2D eigenvalue weighted by atomic mass is 79.9. The van der Waals surface area contributed by atoms with Gasteiger partial charge in [0.05, 0.1) is 10.3 Å². The molecule has 1 aromatic heterocycles. The molecular formula is C8H10BrNO. The summed E-state index contributed by atoms with van der Waals surface area (Å²) >= 11 is 3.35. The van der Waals surface area contributed by atoms with Crippen LogP contribution in [0.3, 0.4) is 0 Å². The van der Waals surface area contributed by atoms with E-state index in [0.29, 0.717) is 5.69 Å². The first-order chi connectivity index (χ1) is 5.20. The lowest BCUT2D eigenvalue weighted by atomic mass is 10.1. The molecule has 0 aliphatic rings. The van der Waals surface area contributed by atoms with Gasteiger partial charge in [-0.25, -0.2) is 0 Å². The SMILES string of the molecule is CCc1c(Br)[nH]c(C=O)c1C. The van der Waals surface area contributed by atoms with Gasteiger partial charge in [-0.1, -0.05) is 6.92 Å². The van der Waals surface area contributed by atoms with Crippen LogP contribution in [-0.4, -0.2) is 11.3 Å². The number of aldehydes is 1. The highest BCUT2D eigenvalue weighted by molar-refractivity contribution is 9.10. The van der Waals surface area contributed by atoms with E-state index in [2.05, 4.69) is 27.8 Å². The number of carbonyl (C=O) groups is 1. The maximum absolute atomic E-state index is 10.5. The van der Waals surface area contributed by atoms with E-state index in [1.165, 1.54) is 5.56 Å². The summed E-state index contributed by atoms with van der Waals surface area (Å²) in [6, 6.07) is 0. The average Bonchev–Trinajstić information content (AvgIpc) is 2.26. The molecule has 3 heteroatoms. The van der Waals surface area contributed by atoms with Crippen LogP contribution in [0, 0.1) is 6.92 Å². The van der Waals surface area contributed by atoms with E-state index in [0.717, 1.165) is 22.9 Å². The number of H-pyrrole nitrogens is 1. The van der Waals surface area contributed by atoms with Crippen molar-refractivity contribution in [3.8, 4) is 0 Å². The van der Waals surface area contributed by atoms with Gasteiger partial charge in [0, 0.05) is 0 Å². The second-order valence-corrected chi connectivity index (χ2v) is 3.22. The Morgan fingerprint density at radius 1 is 1.64 bits per heavy atom. The van der Waals surface area contributed by atoms with Gasteiger partial charge < -0.3 is 4.98 Å². The number of rotatable bonds is 2. The largest absolute Gasteiger partial charge is 0.347 e. The maximum Gasteiger partial charge on any atom is 0.166 e. The molecule has 11 heavy (non-hydrogen) atoms. The third kappa shape index (κ3) is 1.38. The van der Waals surface area contributed by atoms with Gasteiger partial charge in [0.15, 0.2) is 6.29 Å². The fourth-order valence-electron chi connectivity index (χ4n) is 1.15. The van der Waals surface area contributed by atoms with Crippen molar-refractivity contribution in [2.75, 3.05) is 0 Å². The Morgan fingerprint density at radius 3 is 2.55 bits per heavy atom. The van der Waals surface area contributed by atoms with Gasteiger partial charge in [0.2, 0.25) is 0 Å². The molecule has 1 rings (SSSR count). The van der Waals surface area contributed by atoms with Gasteiger partial charge in [-0.05, 0) is 40.4 Å². The Hall–Kier alpha value is -0.570. The number of aromatic nitrogens is 1. The predicted molar refractivity (Wildman–Crippen MR) is 48.0 cm³/mol. The van der Waals surface area contributed by atoms with Crippen LogP contribution in [0.5, 0.6) is 0 Å². The molecule has 0 bridgehead atoms. The molecule has 0 amide bonds. The van der Waals surface area contributed by atoms with Crippen LogP contribution in [0.2, 0.25) is 0 Å². The number of hydrogen-bond acceptors (Lipinski definition) is 1. The zero-order valence-electron chi connectivity index (χ0n) is 6.57. The minimum absolute atomic E-state index is 0.675. The van der Waals surface area contributed by atoms with E-state index in [4.69, 9.17) is 0 Å². The van der Waals surface area contributed by atoms with Gasteiger partial charge >= 0.3 is 0 Å². The van der Waals surface area contributed by atoms with Crippen LogP contribution >= 0.6 is 15.9 Å². The molecule has 0 atom stereocenters. The summed E-state index contributed by atoms with van der Waals surface area (Å²) < 4.78 is 0.930. The van der Waals surface area contributed by atoms with Crippen LogP contribution in [0.4, 0.5) is 0 Å². The molecule has 0 aliphatic carbocycles. The van der Waals surface area contributed by atoms with Crippen molar-refractivity contribution in [2.24, 2.45) is 0 Å². The Kier molecular flexibility index (Phi) is 2.49. The molecule has 0 aliphatic heterocycles. The number of carbonyl (C=O) groups excluding carboxylic acids is 1. The van der Waals surface area contributed by atoms with Crippen LogP contribution < -0.4 is 0 Å². The van der Waals surface area contributed by atoms with Crippen molar-refractivity contribution >= 4 is 22.2 Å². The lowest BCUT2D eigenvalue weighted by Gasteiger charge is -1.92. The quantitative estimate of drug-likeness (QED) is 0.756. The molecule has 0 radical (unpaired) electrons. The molecule has 0 fully saturated rings. The third-order valence-corrected chi connectivity index (χ3v) is 2.51. The number of nitrogens with one attached hydrogen (secondary N) is 1. The molecule has 0 saturated heterocycles. The number of hydrogen-bond donors (Lipinski definition) is 1. The van der Waals surface area contributed by atoms with Crippen molar-refractivity contribution in [1.82, 2.24) is 4.98 Å². The molecule has 1 heterocycles. The van der Waals surface area contributed by atoms with Gasteiger partial charge in [-0.3, -0.25) is 4.79 Å². The lowest BCUT2D eigenvalue weighted by Crippen LogP contribution is -1.84. The van der Waals surface area contributed by atoms with E-state index in [9.17, 15) is 4.79 Å². The third-order valence-electron chi connectivity index (χ3n) is 1.84. The summed E-state index contributed by atoms with van der Waals surface area (Å²) in [6.45, 7) is 4.01. The van der Waals surface area contributed by atoms with Gasteiger partial charge in [0.25, 0.3) is 0 Å². The molecule has 0 saturated carbocycles. The molecule has 1 aromatic rings. The van der Waals surface area contributed by atoms with Gasteiger partial charge in [-0.2, -0.15) is 0 Å². The highest BCUT2D eigenvalue weighted by Crippen LogP contribution is 2.22. The van der Waals surface area contributed by atoms with E-state index in [1.807, 2.05) is 6.92 Å². The Morgan fingerprint density at radius 2 is 2.27 bits per heavy atom. The average molecular weight is 216 g/mol. The molecule has 0 aromatic carbocycles. The van der Waals surface area contributed by atoms with E-state index in [-0.39, 0.29) is 0 Å². The first kappa shape index (κ1) is 8.53. The van der Waals surface area contributed by atoms with Crippen LogP contribution in [0.25, 0.3) is 0 Å². The van der Waals surface area contributed by atoms with E-state index in [1.54, 1.807) is 0 Å². The van der Waals surface area contributed by atoms with Gasteiger partial charge in [-0.15, -0.1) is 0 Å². The highest BCUT2D eigenvalue weighted by Gasteiger charge is 2.08. The summed E-state index contributed by atoms with van der Waals surface area (Å²) in [5.41, 5.74) is 2.91. The van der Waals surface area contributed by atoms with E-state index < -0.39 is 0 Å². The fraction of sp³-hybridized carbons (Fsp3) is 0.375. The second kappa shape index (κ2) is 3.22. The van der Waals surface area contributed by atoms with Crippen molar-refractivity contribution in [3.05, 3.63) is 21.4 Å². The second-order valence-electron chi connectivity index (χ2n) is 2.43. The standard InChI is InChI=1S/C8H10BrNO/c1-3-6-5(2)7(4-11)10-8(6)9/h4,10H,3H2,1-2H3. The molecular weight excluding hydrogens is 206 g/mol. The smallest absolute Gasteiger partial charge is 0.166 e. The Balaban J connectivity index is 3.24. The predicted octanol–water partition coefficient (Wildman–Crippen LogP) is 2.46. The normalized spacial score (nSPS) is 10.1. The summed E-state index contributed by atoms with van der Waals surface area (Å²) in [7, 11) is 0. The first-order valence-electron chi connectivity index (χ1n) is 3.52. The van der Waals surface area contributed by atoms with Crippen molar-refractivity contribution in [2.45, 2.75) is 20.3 Å². The minimum atomic E-state index is 0.675.